The van der Waals surface area contributed by atoms with Crippen LogP contribution in [0.5, 0.6) is 5.75 Å². The summed E-state index contributed by atoms with van der Waals surface area (Å²) in [5, 5.41) is 57.5. The maximum Gasteiger partial charge on any atom is 0.255 e. The Hall–Kier alpha value is -4.59. The third-order valence-electron chi connectivity index (χ3n) is 8.87. The molecule has 0 radical (unpaired) electrons. The SMILES string of the molecule is CC(=O)c1ccc(-c2cc(N(C)C)c3c(c2O)C(=O)C2=C(O)[C@]4(O)C(=O)C(C(N)=O)=C(O)[C@@H](N(C)C)[C@]4(O)C[C@]2(F)C3)cc1. The van der Waals surface area contributed by atoms with Gasteiger partial charge in [0.15, 0.2) is 11.6 Å². The van der Waals surface area contributed by atoms with E-state index < -0.39 is 87.2 Å². The van der Waals surface area contributed by atoms with E-state index in [-0.39, 0.29) is 16.9 Å². The van der Waals surface area contributed by atoms with Gasteiger partial charge in [-0.2, -0.15) is 0 Å². The molecule has 0 fully saturated rings. The maximum atomic E-state index is 17.3. The highest BCUT2D eigenvalue weighted by molar-refractivity contribution is 6.25. The van der Waals surface area contributed by atoms with Gasteiger partial charge in [0, 0.05) is 43.8 Å². The summed E-state index contributed by atoms with van der Waals surface area (Å²) in [6.07, 6.45) is -1.87. The van der Waals surface area contributed by atoms with Gasteiger partial charge in [0.2, 0.25) is 11.4 Å². The molecule has 0 aliphatic heterocycles. The Bertz CT molecular complexity index is 1750. The Morgan fingerprint density at radius 1 is 1.02 bits per heavy atom. The van der Waals surface area contributed by atoms with Crippen molar-refractivity contribution in [2.24, 2.45) is 5.73 Å². The molecule has 3 aliphatic rings. The number of ketones is 3. The van der Waals surface area contributed by atoms with Gasteiger partial charge in [-0.15, -0.1) is 0 Å². The van der Waals surface area contributed by atoms with Gasteiger partial charge in [-0.1, -0.05) is 24.3 Å². The predicted molar refractivity (Wildman–Crippen MR) is 155 cm³/mol. The molecule has 0 heterocycles. The first-order valence-corrected chi connectivity index (χ1v) is 13.6. The highest BCUT2D eigenvalue weighted by Gasteiger charge is 2.74. The average molecular weight is 610 g/mol. The third-order valence-corrected chi connectivity index (χ3v) is 8.87. The summed E-state index contributed by atoms with van der Waals surface area (Å²) in [5.41, 5.74) is -5.43. The number of allylic oxidation sites excluding steroid dienone is 1. The van der Waals surface area contributed by atoms with Crippen LogP contribution in [-0.2, 0) is 16.0 Å². The van der Waals surface area contributed by atoms with Gasteiger partial charge in [0.25, 0.3) is 5.91 Å². The molecule has 44 heavy (non-hydrogen) atoms. The van der Waals surface area contributed by atoms with Crippen molar-refractivity contribution in [3.05, 3.63) is 69.7 Å². The van der Waals surface area contributed by atoms with E-state index in [1.165, 1.54) is 39.2 Å². The lowest BCUT2D eigenvalue weighted by Gasteiger charge is -2.56. The summed E-state index contributed by atoms with van der Waals surface area (Å²) in [6.45, 7) is 1.39. The molecule has 2 aromatic rings. The zero-order chi connectivity index (χ0) is 32.8. The molecule has 7 N–H and O–H groups in total. The number of carbonyl (C=O) groups excluding carboxylic acids is 4. The summed E-state index contributed by atoms with van der Waals surface area (Å²) in [7, 11) is 5.86. The zero-order valence-corrected chi connectivity index (χ0v) is 24.6. The zero-order valence-electron chi connectivity index (χ0n) is 24.6. The van der Waals surface area contributed by atoms with Crippen LogP contribution in [0.4, 0.5) is 10.1 Å². The summed E-state index contributed by atoms with van der Waals surface area (Å²) >= 11 is 0. The number of alkyl halides is 1. The number of hydrogen-bond acceptors (Lipinski definition) is 11. The van der Waals surface area contributed by atoms with E-state index in [0.29, 0.717) is 16.8 Å². The van der Waals surface area contributed by atoms with Gasteiger partial charge in [0.05, 0.1) is 11.1 Å². The van der Waals surface area contributed by atoms with E-state index in [1.54, 1.807) is 31.1 Å². The summed E-state index contributed by atoms with van der Waals surface area (Å²) in [6, 6.07) is 5.87. The fraction of sp³-hybridized carbons (Fsp3) is 0.355. The fourth-order valence-electron chi connectivity index (χ4n) is 6.90. The van der Waals surface area contributed by atoms with E-state index in [2.05, 4.69) is 0 Å². The van der Waals surface area contributed by atoms with Crippen molar-refractivity contribution in [3.8, 4) is 16.9 Å². The van der Waals surface area contributed by atoms with Crippen molar-refractivity contribution in [1.29, 1.82) is 0 Å². The molecule has 0 unspecified atom stereocenters. The van der Waals surface area contributed by atoms with Crippen molar-refractivity contribution in [1.82, 2.24) is 4.90 Å². The highest BCUT2D eigenvalue weighted by atomic mass is 19.1. The van der Waals surface area contributed by atoms with Crippen LogP contribution >= 0.6 is 0 Å². The van der Waals surface area contributed by atoms with Gasteiger partial charge in [0.1, 0.15) is 40.2 Å². The van der Waals surface area contributed by atoms with Crippen LogP contribution in [0.15, 0.2) is 53.0 Å². The first-order valence-electron chi connectivity index (χ1n) is 13.6. The molecule has 5 rings (SSSR count). The largest absolute Gasteiger partial charge is 0.510 e. The number of anilines is 1. The normalized spacial score (nSPS) is 28.1. The smallest absolute Gasteiger partial charge is 0.255 e. The first kappa shape index (κ1) is 30.9. The standard InChI is InChI=1S/C31H32FN3O9/c1-13(36)14-6-8-15(9-7-14)16-10-18(34(2)3)17-11-29(32)12-30(43)25(35(4)5)24(39)20(28(33)42)26(40)31(30,44)27(41)21(29)23(38)19(17)22(16)37/h6-10,25,37,39,41,43-44H,11-12H2,1-5H3,(H2,33,42)/t25-,29-,30-,31-/m1/s1. The van der Waals surface area contributed by atoms with Gasteiger partial charge < -0.3 is 36.2 Å². The lowest BCUT2D eigenvalue weighted by Crippen LogP contribution is -2.76. The number of amides is 1. The van der Waals surface area contributed by atoms with E-state index >= 15 is 4.39 Å². The molecule has 0 saturated carbocycles. The lowest BCUT2D eigenvalue weighted by molar-refractivity contribution is -0.206. The van der Waals surface area contributed by atoms with Crippen molar-refractivity contribution < 1.29 is 49.1 Å². The maximum absolute atomic E-state index is 17.3. The molecular formula is C31H32FN3O9. The van der Waals surface area contributed by atoms with Crippen LogP contribution in [0.2, 0.25) is 0 Å². The van der Waals surface area contributed by atoms with Gasteiger partial charge in [-0.3, -0.25) is 24.1 Å². The number of halogens is 1. The van der Waals surface area contributed by atoms with Crippen molar-refractivity contribution in [2.75, 3.05) is 33.1 Å². The molecular weight excluding hydrogens is 577 g/mol. The van der Waals surface area contributed by atoms with E-state index in [0.717, 1.165) is 4.90 Å². The topological polar surface area (TPSA) is 202 Å². The van der Waals surface area contributed by atoms with Crippen LogP contribution in [0.25, 0.3) is 11.1 Å². The van der Waals surface area contributed by atoms with E-state index in [4.69, 9.17) is 5.73 Å². The van der Waals surface area contributed by atoms with Crippen LogP contribution in [0.3, 0.4) is 0 Å². The molecule has 12 nitrogen and oxygen atoms in total. The number of fused-ring (bicyclic) bond motifs is 3. The number of aliphatic hydroxyl groups excluding tert-OH is 2. The van der Waals surface area contributed by atoms with Gasteiger partial charge in [-0.25, -0.2) is 4.39 Å². The summed E-state index contributed by atoms with van der Waals surface area (Å²) in [4.78, 5) is 54.3. The Morgan fingerprint density at radius 2 is 1.61 bits per heavy atom. The second-order valence-electron chi connectivity index (χ2n) is 12.0. The lowest BCUT2D eigenvalue weighted by atomic mass is 9.55. The molecule has 3 aliphatic carbocycles. The second kappa shape index (κ2) is 9.71. The number of Topliss-reactive ketones (excluding diaryl/α,β-unsaturated/α-hetero) is 3. The number of hydrogen-bond donors (Lipinski definition) is 6. The van der Waals surface area contributed by atoms with Gasteiger partial charge in [-0.05, 0) is 38.2 Å². The molecule has 13 heteroatoms. The number of phenolic OH excluding ortho intramolecular Hbond substituents is 1. The van der Waals surface area contributed by atoms with E-state index in [1.807, 2.05) is 0 Å². The molecule has 0 saturated heterocycles. The fourth-order valence-corrected chi connectivity index (χ4v) is 6.90. The highest BCUT2D eigenvalue weighted by Crippen LogP contribution is 2.58. The Morgan fingerprint density at radius 3 is 2.11 bits per heavy atom. The first-order chi connectivity index (χ1) is 20.3. The molecule has 0 spiro atoms. The molecule has 232 valence electrons. The Kier molecular flexibility index (Phi) is 6.81. The van der Waals surface area contributed by atoms with Crippen molar-refractivity contribution in [3.63, 3.8) is 0 Å². The number of aromatic hydroxyl groups is 1. The molecule has 1 amide bonds. The quantitative estimate of drug-likeness (QED) is 0.210. The number of likely N-dealkylation sites (N-methyl/N-ethyl adjacent to an activating group) is 1. The number of rotatable bonds is 5. The Labute approximate surface area is 251 Å². The van der Waals surface area contributed by atoms with Crippen LogP contribution in [0, 0.1) is 0 Å². The number of nitrogens with two attached hydrogens (primary N) is 1. The number of phenols is 1. The van der Waals surface area contributed by atoms with Crippen molar-refractivity contribution >= 4 is 28.9 Å². The van der Waals surface area contributed by atoms with E-state index in [9.17, 15) is 44.7 Å². The predicted octanol–water partition coefficient (Wildman–Crippen LogP) is 1.26. The average Bonchev–Trinajstić information content (AvgIpc) is 2.90. The van der Waals surface area contributed by atoms with Crippen LogP contribution < -0.4 is 10.6 Å². The van der Waals surface area contributed by atoms with Crippen LogP contribution in [-0.4, -0.2) is 105 Å². The number of nitrogens with zero attached hydrogens (tertiary/aromatic N) is 2. The minimum absolute atomic E-state index is 0.0239. The molecule has 2 aromatic carbocycles. The minimum atomic E-state index is -3.48. The van der Waals surface area contributed by atoms with Crippen molar-refractivity contribution in [2.45, 2.75) is 42.7 Å². The monoisotopic (exact) mass is 609 g/mol. The molecule has 4 atom stereocenters. The number of primary amides is 1. The number of carbonyl (C=O) groups is 4. The molecule has 0 aromatic heterocycles. The van der Waals surface area contributed by atoms with Crippen LogP contribution in [0.1, 0.15) is 39.6 Å². The second-order valence-corrected chi connectivity index (χ2v) is 12.0. The molecule has 0 bridgehead atoms. The third kappa shape index (κ3) is 3.86. The number of aliphatic hydroxyl groups is 4. The number of benzene rings is 2. The summed E-state index contributed by atoms with van der Waals surface area (Å²) in [5.74, 6) is -7.84. The summed E-state index contributed by atoms with van der Waals surface area (Å²) < 4.78 is 17.3. The van der Waals surface area contributed by atoms with Gasteiger partial charge >= 0.3 is 0 Å². The Balaban J connectivity index is 1.81. The minimum Gasteiger partial charge on any atom is -0.510 e.